The van der Waals surface area contributed by atoms with Crippen molar-refractivity contribution in [3.63, 3.8) is 0 Å². The van der Waals surface area contributed by atoms with Gasteiger partial charge in [0.2, 0.25) is 0 Å². The molecule has 1 heterocycles. The Bertz CT molecular complexity index is 525. The minimum absolute atomic E-state index is 0.510. The summed E-state index contributed by atoms with van der Waals surface area (Å²) < 4.78 is 5.12. The average molecular weight is 223 g/mol. The first-order valence-corrected chi connectivity index (χ1v) is 4.90. The molecule has 0 bridgehead atoms. The third-order valence-corrected chi connectivity index (χ3v) is 2.81. The normalized spacial score (nSPS) is 10.6. The van der Waals surface area contributed by atoms with Gasteiger partial charge in [-0.15, -0.1) is 0 Å². The molecular formula is C11H11ClN2O. The van der Waals surface area contributed by atoms with Crippen LogP contribution in [0.5, 0.6) is 5.75 Å². The van der Waals surface area contributed by atoms with Gasteiger partial charge in [-0.2, -0.15) is 0 Å². The number of pyridine rings is 1. The van der Waals surface area contributed by atoms with Crippen LogP contribution in [0.1, 0.15) is 5.69 Å². The third-order valence-electron chi connectivity index (χ3n) is 2.34. The summed E-state index contributed by atoms with van der Waals surface area (Å²) in [7, 11) is 1.61. The number of nitrogens with zero attached hydrogens (tertiary/aromatic N) is 1. The molecule has 0 atom stereocenters. The van der Waals surface area contributed by atoms with Crippen LogP contribution in [0.3, 0.4) is 0 Å². The highest BCUT2D eigenvalue weighted by atomic mass is 35.5. The van der Waals surface area contributed by atoms with Gasteiger partial charge in [-0.3, -0.25) is 4.98 Å². The van der Waals surface area contributed by atoms with Crippen molar-refractivity contribution in [3.8, 4) is 5.75 Å². The van der Waals surface area contributed by atoms with Crippen molar-refractivity contribution < 1.29 is 4.74 Å². The molecule has 0 aliphatic heterocycles. The smallest absolute Gasteiger partial charge is 0.119 e. The van der Waals surface area contributed by atoms with Crippen LogP contribution in [-0.4, -0.2) is 12.1 Å². The van der Waals surface area contributed by atoms with E-state index >= 15 is 0 Å². The summed E-state index contributed by atoms with van der Waals surface area (Å²) >= 11 is 6.02. The fourth-order valence-corrected chi connectivity index (χ4v) is 1.64. The van der Waals surface area contributed by atoms with Crippen LogP contribution in [0.2, 0.25) is 5.02 Å². The van der Waals surface area contributed by atoms with Gasteiger partial charge < -0.3 is 10.5 Å². The Morgan fingerprint density at radius 2 is 2.13 bits per heavy atom. The molecule has 0 fully saturated rings. The van der Waals surface area contributed by atoms with E-state index in [9.17, 15) is 0 Å². The molecule has 0 radical (unpaired) electrons. The van der Waals surface area contributed by atoms with Crippen LogP contribution in [0.4, 0.5) is 5.69 Å². The number of methoxy groups -OCH3 is 1. The molecule has 0 saturated heterocycles. The third kappa shape index (κ3) is 1.59. The lowest BCUT2D eigenvalue weighted by atomic mass is 10.1. The molecule has 0 aliphatic rings. The van der Waals surface area contributed by atoms with E-state index in [0.29, 0.717) is 10.7 Å². The molecule has 0 aliphatic carbocycles. The Hall–Kier alpha value is -1.48. The van der Waals surface area contributed by atoms with Crippen LogP contribution in [-0.2, 0) is 0 Å². The van der Waals surface area contributed by atoms with E-state index in [2.05, 4.69) is 4.98 Å². The molecule has 2 N–H and O–H groups in total. The molecule has 0 amide bonds. The van der Waals surface area contributed by atoms with Gasteiger partial charge >= 0.3 is 0 Å². The molecule has 0 unspecified atom stereocenters. The lowest BCUT2D eigenvalue weighted by molar-refractivity contribution is 0.415. The Kier molecular flexibility index (Phi) is 2.40. The number of hydrogen-bond acceptors (Lipinski definition) is 3. The number of ether oxygens (including phenoxy) is 1. The number of aromatic nitrogens is 1. The summed E-state index contributed by atoms with van der Waals surface area (Å²) in [5.74, 6) is 0.746. The summed E-state index contributed by atoms with van der Waals surface area (Å²) in [5.41, 5.74) is 8.04. The highest BCUT2D eigenvalue weighted by Crippen LogP contribution is 2.31. The fraction of sp³-hybridized carbons (Fsp3) is 0.182. The number of rotatable bonds is 1. The predicted octanol–water partition coefficient (Wildman–Crippen LogP) is 2.79. The minimum Gasteiger partial charge on any atom is -0.497 e. The van der Waals surface area contributed by atoms with E-state index in [1.165, 1.54) is 0 Å². The Balaban J connectivity index is 2.81. The molecule has 0 saturated carbocycles. The maximum atomic E-state index is 6.02. The first kappa shape index (κ1) is 10.1. The zero-order valence-corrected chi connectivity index (χ0v) is 9.30. The number of benzene rings is 1. The van der Waals surface area contributed by atoms with Gasteiger partial charge in [-0.1, -0.05) is 11.6 Å². The van der Waals surface area contributed by atoms with Gasteiger partial charge in [0, 0.05) is 5.39 Å². The SMILES string of the molecule is COc1ccc2nc(C)c(Cl)c(N)c2c1. The second-order valence-electron chi connectivity index (χ2n) is 3.31. The van der Waals surface area contributed by atoms with E-state index in [0.717, 1.165) is 22.3 Å². The monoisotopic (exact) mass is 222 g/mol. The van der Waals surface area contributed by atoms with Gasteiger partial charge in [-0.25, -0.2) is 0 Å². The molecule has 78 valence electrons. The molecule has 1 aromatic heterocycles. The summed E-state index contributed by atoms with van der Waals surface area (Å²) in [5, 5.41) is 1.33. The number of halogens is 1. The summed E-state index contributed by atoms with van der Waals surface area (Å²) in [4.78, 5) is 4.34. The zero-order valence-electron chi connectivity index (χ0n) is 8.54. The number of nitrogens with two attached hydrogens (primary N) is 1. The lowest BCUT2D eigenvalue weighted by Gasteiger charge is -2.08. The van der Waals surface area contributed by atoms with E-state index in [1.54, 1.807) is 7.11 Å². The number of anilines is 1. The van der Waals surface area contributed by atoms with Crippen molar-refractivity contribution in [2.75, 3.05) is 12.8 Å². The van der Waals surface area contributed by atoms with E-state index in [-0.39, 0.29) is 0 Å². The number of aryl methyl sites for hydroxylation is 1. The number of hydrogen-bond donors (Lipinski definition) is 1. The Morgan fingerprint density at radius 1 is 1.40 bits per heavy atom. The lowest BCUT2D eigenvalue weighted by Crippen LogP contribution is -1.95. The van der Waals surface area contributed by atoms with Crippen molar-refractivity contribution >= 4 is 28.2 Å². The van der Waals surface area contributed by atoms with Crippen LogP contribution < -0.4 is 10.5 Å². The molecular weight excluding hydrogens is 212 g/mol. The molecule has 1 aromatic carbocycles. The predicted molar refractivity (Wildman–Crippen MR) is 62.5 cm³/mol. The molecule has 0 spiro atoms. The van der Waals surface area contributed by atoms with Crippen molar-refractivity contribution in [1.29, 1.82) is 0 Å². The fourth-order valence-electron chi connectivity index (χ4n) is 1.50. The van der Waals surface area contributed by atoms with Crippen LogP contribution in [0.25, 0.3) is 10.9 Å². The van der Waals surface area contributed by atoms with E-state index < -0.39 is 0 Å². The average Bonchev–Trinajstić information content (AvgIpc) is 2.26. The van der Waals surface area contributed by atoms with Crippen LogP contribution in [0, 0.1) is 6.92 Å². The maximum absolute atomic E-state index is 6.02. The molecule has 3 nitrogen and oxygen atoms in total. The zero-order chi connectivity index (χ0) is 11.0. The topological polar surface area (TPSA) is 48.1 Å². The minimum atomic E-state index is 0.510. The Morgan fingerprint density at radius 3 is 2.80 bits per heavy atom. The molecule has 2 rings (SSSR count). The van der Waals surface area contributed by atoms with Crippen molar-refractivity contribution in [3.05, 3.63) is 28.9 Å². The maximum Gasteiger partial charge on any atom is 0.119 e. The summed E-state index contributed by atoms with van der Waals surface area (Å²) in [6, 6.07) is 5.55. The van der Waals surface area contributed by atoms with E-state index in [1.807, 2.05) is 25.1 Å². The quantitative estimate of drug-likeness (QED) is 0.807. The van der Waals surface area contributed by atoms with Crippen LogP contribution in [0.15, 0.2) is 18.2 Å². The van der Waals surface area contributed by atoms with Crippen molar-refractivity contribution in [1.82, 2.24) is 4.98 Å². The highest BCUT2D eigenvalue weighted by Gasteiger charge is 2.08. The van der Waals surface area contributed by atoms with Gasteiger partial charge in [0.05, 0.1) is 29.0 Å². The summed E-state index contributed by atoms with van der Waals surface area (Å²) in [6.45, 7) is 1.84. The molecule has 4 heteroatoms. The van der Waals surface area contributed by atoms with Crippen molar-refractivity contribution in [2.45, 2.75) is 6.92 Å². The first-order valence-electron chi connectivity index (χ1n) is 4.53. The van der Waals surface area contributed by atoms with Crippen LogP contribution >= 0.6 is 11.6 Å². The summed E-state index contributed by atoms with van der Waals surface area (Å²) in [6.07, 6.45) is 0. The van der Waals surface area contributed by atoms with Gasteiger partial charge in [-0.05, 0) is 25.1 Å². The van der Waals surface area contributed by atoms with E-state index in [4.69, 9.17) is 22.1 Å². The van der Waals surface area contributed by atoms with Crippen molar-refractivity contribution in [2.24, 2.45) is 0 Å². The van der Waals surface area contributed by atoms with Gasteiger partial charge in [0.15, 0.2) is 0 Å². The van der Waals surface area contributed by atoms with Gasteiger partial charge in [0.1, 0.15) is 5.75 Å². The first-order chi connectivity index (χ1) is 7.13. The second-order valence-corrected chi connectivity index (χ2v) is 3.69. The largest absolute Gasteiger partial charge is 0.497 e. The molecule has 2 aromatic rings. The highest BCUT2D eigenvalue weighted by molar-refractivity contribution is 6.35. The van der Waals surface area contributed by atoms with Gasteiger partial charge in [0.25, 0.3) is 0 Å². The molecule has 15 heavy (non-hydrogen) atoms. The number of nitrogen functional groups attached to an aromatic ring is 1. The second kappa shape index (κ2) is 3.59. The standard InChI is InChI=1S/C11H11ClN2O/c1-6-10(12)11(13)8-5-7(15-2)3-4-9(8)14-6/h3-5H,1-2H3,(H2,13,14). The number of fused-ring (bicyclic) bond motifs is 1. The Labute approximate surface area is 92.8 Å².